The fraction of sp³-hybridized carbons (Fsp3) is 0.882. The zero-order chi connectivity index (χ0) is 32.4. The van der Waals surface area contributed by atoms with Gasteiger partial charge in [0.15, 0.2) is 6.29 Å². The summed E-state index contributed by atoms with van der Waals surface area (Å²) in [6.45, 7) is 10.3. The maximum Gasteiger partial charge on any atom is 0.187 e. The van der Waals surface area contributed by atoms with Gasteiger partial charge in [-0.15, -0.1) is 0 Å². The highest BCUT2D eigenvalue weighted by Crippen LogP contribution is 2.69. The Kier molecular flexibility index (Phi) is 9.85. The Morgan fingerprint density at radius 1 is 1.00 bits per heavy atom. The van der Waals surface area contributed by atoms with Crippen LogP contribution in [-0.2, 0) is 14.2 Å². The van der Waals surface area contributed by atoms with Gasteiger partial charge in [-0.1, -0.05) is 52.8 Å². The fourth-order valence-electron chi connectivity index (χ4n) is 10.1. The lowest BCUT2D eigenvalue weighted by Gasteiger charge is -2.63. The summed E-state index contributed by atoms with van der Waals surface area (Å²) in [7, 11) is 1.43. The second-order valence-corrected chi connectivity index (χ2v) is 15.3. The molecule has 5 aliphatic rings. The minimum Gasteiger partial charge on any atom is -0.396 e. The summed E-state index contributed by atoms with van der Waals surface area (Å²) in [5.74, 6) is -0.895. The highest BCUT2D eigenvalue weighted by Gasteiger charge is 2.72. The van der Waals surface area contributed by atoms with Crippen molar-refractivity contribution in [2.75, 3.05) is 20.3 Å². The SMILES string of the molecule is CO[C@H]1[C@H](O[C@@H]2C=C3[C@H](O)C[C@@]4(O)[C@@H]5[C@@H](O)[C@H](O)[C@H]([C@H](C)C=C[C@@H](C)[C@H](C)CO)[C@@]5(C)CC[C@@H]4[C@@]3(C)CC2)OC[C@@H](O)[C@@H]1O. The van der Waals surface area contributed by atoms with Gasteiger partial charge in [-0.25, -0.2) is 0 Å². The molecule has 0 aromatic carbocycles. The Bertz CT molecular complexity index is 1080. The molecule has 0 bridgehead atoms. The quantitative estimate of drug-likeness (QED) is 0.197. The summed E-state index contributed by atoms with van der Waals surface area (Å²) in [4.78, 5) is 0. The molecule has 0 unspecified atom stereocenters. The van der Waals surface area contributed by atoms with Crippen LogP contribution in [0.3, 0.4) is 0 Å². The van der Waals surface area contributed by atoms with E-state index in [4.69, 9.17) is 14.2 Å². The van der Waals surface area contributed by atoms with Crippen molar-refractivity contribution < 1.29 is 50.0 Å². The molecular formula is C34H56O10. The molecule has 17 atom stereocenters. The van der Waals surface area contributed by atoms with Gasteiger partial charge in [0.2, 0.25) is 0 Å². The summed E-state index contributed by atoms with van der Waals surface area (Å²) in [5.41, 5.74) is -1.65. The standard InChI is InChI=1S/C34H56O10/c1-17(19(3)15-35)7-8-18(2)25-27(39)28(40)30-33(25,5)12-10-24-32(4)11-9-20(13-21(32)22(36)14-34(24,30)41)44-31-29(42-6)26(38)23(37)16-43-31/h7-8,13,17-20,22-31,35-41H,9-12,14-16H2,1-6H3/t17-,18-,19-,20+,22-,23-,24-,25+,26+,27-,28+,29-,30-,31+,32+,33-,34+/m1/s1. The first-order valence-electron chi connectivity index (χ1n) is 16.6. The van der Waals surface area contributed by atoms with Crippen LogP contribution in [0, 0.1) is 46.3 Å². The number of aliphatic hydroxyl groups is 7. The molecule has 10 nitrogen and oxygen atoms in total. The lowest BCUT2D eigenvalue weighted by atomic mass is 9.43. The van der Waals surface area contributed by atoms with E-state index in [-0.39, 0.29) is 49.2 Å². The summed E-state index contributed by atoms with van der Waals surface area (Å²) >= 11 is 0. The van der Waals surface area contributed by atoms with Gasteiger partial charge in [0.1, 0.15) is 18.3 Å². The van der Waals surface area contributed by atoms with Crippen LogP contribution in [0.2, 0.25) is 0 Å². The van der Waals surface area contributed by atoms with E-state index in [0.29, 0.717) is 19.3 Å². The van der Waals surface area contributed by atoms with E-state index in [1.807, 2.05) is 13.0 Å². The number of rotatable bonds is 8. The third kappa shape index (κ3) is 5.45. The average molecular weight is 625 g/mol. The number of ether oxygens (including phenoxy) is 3. The summed E-state index contributed by atoms with van der Waals surface area (Å²) in [6.07, 6.45) is 1.36. The molecule has 7 N–H and O–H groups in total. The first-order chi connectivity index (χ1) is 20.6. The second-order valence-electron chi connectivity index (χ2n) is 15.3. The summed E-state index contributed by atoms with van der Waals surface area (Å²) in [5, 5.41) is 77.3. The average Bonchev–Trinajstić information content (AvgIpc) is 3.18. The second kappa shape index (κ2) is 12.6. The minimum atomic E-state index is -1.38. The van der Waals surface area contributed by atoms with Gasteiger partial charge >= 0.3 is 0 Å². The zero-order valence-corrected chi connectivity index (χ0v) is 27.1. The number of aliphatic hydroxyl groups excluding tert-OH is 6. The third-order valence-corrected chi connectivity index (χ3v) is 12.7. The van der Waals surface area contributed by atoms with Gasteiger partial charge in [0.05, 0.1) is 36.6 Å². The van der Waals surface area contributed by atoms with Crippen molar-refractivity contribution in [3.05, 3.63) is 23.8 Å². The van der Waals surface area contributed by atoms with Crippen molar-refractivity contribution >= 4 is 0 Å². The number of hydrogen-bond donors (Lipinski definition) is 7. The molecule has 44 heavy (non-hydrogen) atoms. The van der Waals surface area contributed by atoms with Gasteiger partial charge in [0.25, 0.3) is 0 Å². The summed E-state index contributed by atoms with van der Waals surface area (Å²) < 4.78 is 17.2. The van der Waals surface area contributed by atoms with Gasteiger partial charge in [-0.3, -0.25) is 0 Å². The molecule has 0 spiro atoms. The first-order valence-corrected chi connectivity index (χ1v) is 16.6. The Hall–Kier alpha value is -0.920. The Balaban J connectivity index is 1.39. The maximum absolute atomic E-state index is 12.6. The van der Waals surface area contributed by atoms with Crippen LogP contribution in [0.5, 0.6) is 0 Å². The van der Waals surface area contributed by atoms with Gasteiger partial charge in [-0.2, -0.15) is 0 Å². The smallest absolute Gasteiger partial charge is 0.187 e. The molecule has 4 fully saturated rings. The fourth-order valence-corrected chi connectivity index (χ4v) is 10.1. The zero-order valence-electron chi connectivity index (χ0n) is 27.1. The minimum absolute atomic E-state index is 0.0589. The predicted octanol–water partition coefficient (Wildman–Crippen LogP) is 1.53. The van der Waals surface area contributed by atoms with E-state index in [1.54, 1.807) is 0 Å². The molecule has 1 heterocycles. The van der Waals surface area contributed by atoms with Gasteiger partial charge < -0.3 is 50.0 Å². The monoisotopic (exact) mass is 624 g/mol. The molecule has 0 aromatic heterocycles. The van der Waals surface area contributed by atoms with Crippen LogP contribution in [0.25, 0.3) is 0 Å². The van der Waals surface area contributed by atoms with Crippen molar-refractivity contribution in [3.63, 3.8) is 0 Å². The largest absolute Gasteiger partial charge is 0.396 e. The van der Waals surface area contributed by atoms with Gasteiger partial charge in [-0.05, 0) is 71.7 Å². The lowest BCUT2D eigenvalue weighted by molar-refractivity contribution is -0.285. The third-order valence-electron chi connectivity index (χ3n) is 12.7. The molecule has 0 amide bonds. The van der Waals surface area contributed by atoms with E-state index >= 15 is 0 Å². The van der Waals surface area contributed by atoms with E-state index in [1.165, 1.54) is 7.11 Å². The number of hydrogen-bond acceptors (Lipinski definition) is 10. The molecular weight excluding hydrogens is 568 g/mol. The molecule has 0 aromatic rings. The molecule has 252 valence electrons. The normalized spacial score (nSPS) is 51.2. The molecule has 3 saturated carbocycles. The Morgan fingerprint density at radius 3 is 2.36 bits per heavy atom. The molecule has 4 aliphatic carbocycles. The first kappa shape index (κ1) is 34.4. The van der Waals surface area contributed by atoms with E-state index in [2.05, 4.69) is 39.8 Å². The predicted molar refractivity (Wildman–Crippen MR) is 162 cm³/mol. The van der Waals surface area contributed by atoms with Gasteiger partial charge in [0, 0.05) is 26.1 Å². The van der Waals surface area contributed by atoms with Crippen molar-refractivity contribution in [1.29, 1.82) is 0 Å². The highest BCUT2D eigenvalue weighted by molar-refractivity contribution is 5.33. The molecule has 5 rings (SSSR count). The van der Waals surface area contributed by atoms with Crippen LogP contribution >= 0.6 is 0 Å². The topological polar surface area (TPSA) is 169 Å². The van der Waals surface area contributed by atoms with Crippen LogP contribution in [-0.4, -0.2) is 111 Å². The van der Waals surface area contributed by atoms with Crippen LogP contribution < -0.4 is 0 Å². The number of allylic oxidation sites excluding steroid dienone is 2. The Morgan fingerprint density at radius 2 is 1.70 bits per heavy atom. The molecule has 1 saturated heterocycles. The van der Waals surface area contributed by atoms with Crippen LogP contribution in [0.1, 0.15) is 66.7 Å². The van der Waals surface area contributed by atoms with Crippen LogP contribution in [0.4, 0.5) is 0 Å². The molecule has 1 aliphatic heterocycles. The summed E-state index contributed by atoms with van der Waals surface area (Å²) in [6, 6.07) is 0. The van der Waals surface area contributed by atoms with Crippen LogP contribution in [0.15, 0.2) is 23.8 Å². The molecule has 10 heteroatoms. The highest BCUT2D eigenvalue weighted by atomic mass is 16.7. The lowest BCUT2D eigenvalue weighted by Crippen LogP contribution is -2.66. The van der Waals surface area contributed by atoms with E-state index in [9.17, 15) is 35.7 Å². The van der Waals surface area contributed by atoms with E-state index < -0.39 is 71.4 Å². The molecule has 0 radical (unpaired) electrons. The maximum atomic E-state index is 12.6. The Labute approximate surface area is 261 Å². The van der Waals surface area contributed by atoms with Crippen molar-refractivity contribution in [3.8, 4) is 0 Å². The number of methoxy groups -OCH3 is 1. The van der Waals surface area contributed by atoms with Crippen molar-refractivity contribution in [2.24, 2.45) is 46.3 Å². The van der Waals surface area contributed by atoms with Crippen molar-refractivity contribution in [2.45, 2.75) is 121 Å². The van der Waals surface area contributed by atoms with Crippen molar-refractivity contribution in [1.82, 2.24) is 0 Å². The van der Waals surface area contributed by atoms with E-state index in [0.717, 1.165) is 12.0 Å². The number of fused-ring (bicyclic) bond motifs is 5.